The van der Waals surface area contributed by atoms with Crippen LogP contribution in [0.15, 0.2) is 73.1 Å². The molecular weight excluding hydrogens is 310 g/mol. The monoisotopic (exact) mass is 333 g/mol. The largest absolute Gasteiger partial charge is 0.312 e. The highest BCUT2D eigenvalue weighted by atomic mass is 16.2. The molecule has 128 valence electrons. The van der Waals surface area contributed by atoms with Crippen molar-refractivity contribution in [1.29, 1.82) is 0 Å². The van der Waals surface area contributed by atoms with Crippen LogP contribution in [0.5, 0.6) is 0 Å². The van der Waals surface area contributed by atoms with E-state index in [2.05, 4.69) is 12.0 Å². The first-order valence-corrected chi connectivity index (χ1v) is 8.72. The van der Waals surface area contributed by atoms with E-state index in [-0.39, 0.29) is 5.91 Å². The van der Waals surface area contributed by atoms with E-state index in [1.54, 1.807) is 6.20 Å². The Labute approximate surface area is 148 Å². The molecule has 1 aromatic heterocycles. The molecule has 0 fully saturated rings. The lowest BCUT2D eigenvalue weighted by atomic mass is 10.2. The first-order valence-electron chi connectivity index (χ1n) is 8.72. The number of carbonyl (C=O) groups excluding carboxylic acids is 1. The van der Waals surface area contributed by atoms with E-state index in [0.29, 0.717) is 6.42 Å². The van der Waals surface area contributed by atoms with Crippen molar-refractivity contribution < 1.29 is 4.79 Å². The van der Waals surface area contributed by atoms with E-state index in [1.165, 1.54) is 0 Å². The highest BCUT2D eigenvalue weighted by Crippen LogP contribution is 2.17. The summed E-state index contributed by atoms with van der Waals surface area (Å²) in [5.74, 6) is 0.104. The topological polar surface area (TPSA) is 38.1 Å². The molecule has 0 atom stereocenters. The van der Waals surface area contributed by atoms with Gasteiger partial charge in [-0.2, -0.15) is 5.10 Å². The summed E-state index contributed by atoms with van der Waals surface area (Å²) in [6, 6.07) is 19.8. The van der Waals surface area contributed by atoms with Gasteiger partial charge in [0.2, 0.25) is 5.91 Å². The Morgan fingerprint density at radius 2 is 1.72 bits per heavy atom. The zero-order chi connectivity index (χ0) is 17.5. The van der Waals surface area contributed by atoms with Crippen LogP contribution < -0.4 is 4.90 Å². The van der Waals surface area contributed by atoms with Crippen molar-refractivity contribution in [2.24, 2.45) is 0 Å². The maximum absolute atomic E-state index is 12.9. The van der Waals surface area contributed by atoms with Gasteiger partial charge in [0, 0.05) is 18.4 Å². The number of carbonyl (C=O) groups is 1. The smallest absolute Gasteiger partial charge is 0.231 e. The Balaban J connectivity index is 1.74. The van der Waals surface area contributed by atoms with Crippen LogP contribution in [-0.2, 0) is 11.2 Å². The van der Waals surface area contributed by atoms with Gasteiger partial charge in [-0.3, -0.25) is 4.79 Å². The van der Waals surface area contributed by atoms with Gasteiger partial charge in [-0.25, -0.2) is 4.68 Å². The van der Waals surface area contributed by atoms with Gasteiger partial charge in [-0.05, 0) is 36.2 Å². The van der Waals surface area contributed by atoms with Crippen LogP contribution >= 0.6 is 0 Å². The Morgan fingerprint density at radius 1 is 1.04 bits per heavy atom. The number of nitrogens with zero attached hydrogens (tertiary/aromatic N) is 3. The summed E-state index contributed by atoms with van der Waals surface area (Å²) in [5, 5.41) is 4.38. The molecule has 0 radical (unpaired) electrons. The number of aromatic nitrogens is 2. The van der Waals surface area contributed by atoms with Gasteiger partial charge in [0.25, 0.3) is 0 Å². The van der Waals surface area contributed by atoms with E-state index in [9.17, 15) is 4.79 Å². The molecule has 3 aromatic rings. The van der Waals surface area contributed by atoms with Crippen LogP contribution in [0, 0.1) is 0 Å². The average Bonchev–Trinajstić information content (AvgIpc) is 3.12. The fourth-order valence-corrected chi connectivity index (χ4v) is 2.77. The quantitative estimate of drug-likeness (QED) is 0.648. The molecule has 0 unspecified atom stereocenters. The molecule has 1 heterocycles. The molecule has 4 heteroatoms. The van der Waals surface area contributed by atoms with E-state index in [0.717, 1.165) is 36.3 Å². The Kier molecular flexibility index (Phi) is 5.62. The normalized spacial score (nSPS) is 10.6. The first kappa shape index (κ1) is 17.0. The molecule has 2 aromatic carbocycles. The minimum absolute atomic E-state index is 0.104. The summed E-state index contributed by atoms with van der Waals surface area (Å²) in [6.45, 7) is 2.88. The second kappa shape index (κ2) is 8.29. The van der Waals surface area contributed by atoms with E-state index in [4.69, 9.17) is 0 Å². The Bertz CT molecular complexity index is 796. The number of para-hydroxylation sites is 2. The van der Waals surface area contributed by atoms with Crippen LogP contribution in [0.1, 0.15) is 25.3 Å². The van der Waals surface area contributed by atoms with Crippen molar-refractivity contribution in [3.63, 3.8) is 0 Å². The van der Waals surface area contributed by atoms with Crippen molar-refractivity contribution >= 4 is 11.6 Å². The minimum atomic E-state index is 0.104. The molecule has 4 nitrogen and oxygen atoms in total. The van der Waals surface area contributed by atoms with Crippen molar-refractivity contribution in [2.75, 3.05) is 11.4 Å². The van der Waals surface area contributed by atoms with Crippen LogP contribution in [0.4, 0.5) is 5.69 Å². The third kappa shape index (κ3) is 4.35. The predicted molar refractivity (Wildman–Crippen MR) is 101 cm³/mol. The molecule has 0 aliphatic rings. The first-order chi connectivity index (χ1) is 12.3. The molecule has 0 saturated carbocycles. The number of rotatable bonds is 7. The number of hydrogen-bond donors (Lipinski definition) is 0. The molecule has 0 spiro atoms. The minimum Gasteiger partial charge on any atom is -0.312 e. The second-order valence-electron chi connectivity index (χ2n) is 6.04. The fourth-order valence-electron chi connectivity index (χ4n) is 2.77. The van der Waals surface area contributed by atoms with Gasteiger partial charge in [0.05, 0.1) is 18.3 Å². The highest BCUT2D eigenvalue weighted by Gasteiger charge is 2.16. The number of benzene rings is 2. The van der Waals surface area contributed by atoms with Gasteiger partial charge in [0.15, 0.2) is 0 Å². The molecule has 3 rings (SSSR count). The van der Waals surface area contributed by atoms with E-state index < -0.39 is 0 Å². The lowest BCUT2D eigenvalue weighted by molar-refractivity contribution is -0.118. The van der Waals surface area contributed by atoms with Crippen LogP contribution in [0.2, 0.25) is 0 Å². The molecule has 0 aliphatic carbocycles. The van der Waals surface area contributed by atoms with Gasteiger partial charge >= 0.3 is 0 Å². The third-order valence-corrected chi connectivity index (χ3v) is 4.12. The molecular formula is C21H23N3O. The second-order valence-corrected chi connectivity index (χ2v) is 6.04. The summed E-state index contributed by atoms with van der Waals surface area (Å²) in [7, 11) is 0. The van der Waals surface area contributed by atoms with Gasteiger partial charge in [-0.15, -0.1) is 0 Å². The maximum atomic E-state index is 12.9. The van der Waals surface area contributed by atoms with Crippen LogP contribution in [-0.4, -0.2) is 22.2 Å². The van der Waals surface area contributed by atoms with Gasteiger partial charge in [0.1, 0.15) is 0 Å². The van der Waals surface area contributed by atoms with Crippen molar-refractivity contribution in [2.45, 2.75) is 26.2 Å². The summed E-state index contributed by atoms with van der Waals surface area (Å²) in [6.07, 6.45) is 6.10. The zero-order valence-electron chi connectivity index (χ0n) is 14.5. The SMILES string of the molecule is CCCCN(C(=O)Cc1cnn(-c2ccccc2)c1)c1ccccc1. The number of hydrogen-bond acceptors (Lipinski definition) is 2. The molecule has 0 saturated heterocycles. The summed E-state index contributed by atoms with van der Waals surface area (Å²) < 4.78 is 1.81. The molecule has 0 aliphatic heterocycles. The summed E-state index contributed by atoms with van der Waals surface area (Å²) in [4.78, 5) is 14.7. The van der Waals surface area contributed by atoms with Crippen molar-refractivity contribution in [3.8, 4) is 5.69 Å². The van der Waals surface area contributed by atoms with E-state index in [1.807, 2.05) is 76.4 Å². The standard InChI is InChI=1S/C21H23N3O/c1-2-3-14-23(19-10-6-4-7-11-19)21(25)15-18-16-22-24(17-18)20-12-8-5-9-13-20/h4-13,16-17H,2-3,14-15H2,1H3. The van der Waals surface area contributed by atoms with Crippen molar-refractivity contribution in [3.05, 3.63) is 78.6 Å². The molecule has 0 bridgehead atoms. The highest BCUT2D eigenvalue weighted by molar-refractivity contribution is 5.94. The van der Waals surface area contributed by atoms with Crippen LogP contribution in [0.3, 0.4) is 0 Å². The molecule has 0 N–H and O–H groups in total. The molecule has 25 heavy (non-hydrogen) atoms. The lowest BCUT2D eigenvalue weighted by Crippen LogP contribution is -2.33. The number of anilines is 1. The maximum Gasteiger partial charge on any atom is 0.231 e. The Hall–Kier alpha value is -2.88. The van der Waals surface area contributed by atoms with Crippen LogP contribution in [0.25, 0.3) is 5.69 Å². The zero-order valence-corrected chi connectivity index (χ0v) is 14.5. The van der Waals surface area contributed by atoms with Gasteiger partial charge in [-0.1, -0.05) is 49.7 Å². The predicted octanol–water partition coefficient (Wildman–Crippen LogP) is 4.25. The fraction of sp³-hybridized carbons (Fsp3) is 0.238. The number of unbranched alkanes of at least 4 members (excludes halogenated alkanes) is 1. The van der Waals surface area contributed by atoms with Crippen molar-refractivity contribution in [1.82, 2.24) is 9.78 Å². The average molecular weight is 333 g/mol. The van der Waals surface area contributed by atoms with E-state index >= 15 is 0 Å². The summed E-state index contributed by atoms with van der Waals surface area (Å²) >= 11 is 0. The number of amides is 1. The molecule has 1 amide bonds. The third-order valence-electron chi connectivity index (χ3n) is 4.12. The Morgan fingerprint density at radius 3 is 2.40 bits per heavy atom. The summed E-state index contributed by atoms with van der Waals surface area (Å²) in [5.41, 5.74) is 2.87. The lowest BCUT2D eigenvalue weighted by Gasteiger charge is -2.22. The van der Waals surface area contributed by atoms with Gasteiger partial charge < -0.3 is 4.90 Å².